The van der Waals surface area contributed by atoms with Crippen molar-refractivity contribution in [3.8, 4) is 5.75 Å². The van der Waals surface area contributed by atoms with Crippen LogP contribution in [0.3, 0.4) is 0 Å². The molecule has 8 heteroatoms. The fourth-order valence-electron chi connectivity index (χ4n) is 4.65. The highest BCUT2D eigenvalue weighted by molar-refractivity contribution is 6.17. The molecule has 1 N–H and O–H groups in total. The van der Waals surface area contributed by atoms with Crippen molar-refractivity contribution < 1.29 is 19.1 Å². The average Bonchev–Trinajstić information content (AvgIpc) is 2.83. The SMILES string of the molecule is COc1ccc(C(=O)C2CCN(CC(=O)NCC3=NC(=O)C4CCCCC4=N3)CC2)cc1. The lowest BCUT2D eigenvalue weighted by Crippen LogP contribution is -2.44. The summed E-state index contributed by atoms with van der Waals surface area (Å²) in [5.41, 5.74) is 1.62. The van der Waals surface area contributed by atoms with Gasteiger partial charge in [0.2, 0.25) is 5.91 Å². The maximum Gasteiger partial charge on any atom is 0.256 e. The number of methoxy groups -OCH3 is 1. The molecule has 4 rings (SSSR count). The molecular formula is C24H30N4O4. The minimum absolute atomic E-state index is 0.0235. The van der Waals surface area contributed by atoms with E-state index in [4.69, 9.17) is 4.74 Å². The number of fused-ring (bicyclic) bond motifs is 1. The van der Waals surface area contributed by atoms with Crippen LogP contribution in [0.15, 0.2) is 34.3 Å². The maximum absolute atomic E-state index is 12.7. The van der Waals surface area contributed by atoms with Crippen LogP contribution >= 0.6 is 0 Å². The Hall–Kier alpha value is -2.87. The van der Waals surface area contributed by atoms with Crippen LogP contribution in [-0.4, -0.2) is 67.3 Å². The van der Waals surface area contributed by atoms with Gasteiger partial charge in [-0.1, -0.05) is 6.42 Å². The van der Waals surface area contributed by atoms with Gasteiger partial charge in [-0.3, -0.25) is 19.3 Å². The number of ether oxygens (including phenoxy) is 1. The summed E-state index contributed by atoms with van der Waals surface area (Å²) in [6.07, 6.45) is 5.23. The quantitative estimate of drug-likeness (QED) is 0.659. The molecule has 0 spiro atoms. The number of aliphatic imine (C=N–C) groups is 2. The number of carbonyl (C=O) groups excluding carboxylic acids is 3. The molecule has 170 valence electrons. The second-order valence-electron chi connectivity index (χ2n) is 8.69. The molecule has 2 heterocycles. The fourth-order valence-corrected chi connectivity index (χ4v) is 4.65. The Labute approximate surface area is 188 Å². The number of benzene rings is 1. The summed E-state index contributed by atoms with van der Waals surface area (Å²) in [4.78, 5) is 48.0. The molecule has 3 aliphatic rings. The summed E-state index contributed by atoms with van der Waals surface area (Å²) < 4.78 is 5.15. The summed E-state index contributed by atoms with van der Waals surface area (Å²) in [5.74, 6) is 0.872. The number of carbonyl (C=O) groups is 3. The van der Waals surface area contributed by atoms with E-state index in [0.717, 1.165) is 50.0 Å². The molecular weight excluding hydrogens is 408 g/mol. The van der Waals surface area contributed by atoms with Crippen LogP contribution < -0.4 is 10.1 Å². The summed E-state index contributed by atoms with van der Waals surface area (Å²) in [6.45, 7) is 1.84. The highest BCUT2D eigenvalue weighted by atomic mass is 16.5. The standard InChI is InChI=1S/C24H30N4O4/c1-32-18-8-6-16(7-9-18)23(30)17-10-12-28(13-11-17)15-22(29)25-14-21-26-20-5-3-2-4-19(20)24(31)27-21/h6-9,17,19H,2-5,10-15H2,1H3,(H,25,29). The topological polar surface area (TPSA) is 100 Å². The molecule has 2 amide bonds. The summed E-state index contributed by atoms with van der Waals surface area (Å²) in [7, 11) is 1.60. The molecule has 2 aliphatic heterocycles. The van der Waals surface area contributed by atoms with Gasteiger partial charge in [0.1, 0.15) is 5.75 Å². The van der Waals surface area contributed by atoms with Gasteiger partial charge in [0, 0.05) is 17.2 Å². The van der Waals surface area contributed by atoms with Crippen LogP contribution in [0.4, 0.5) is 0 Å². The van der Waals surface area contributed by atoms with Crippen molar-refractivity contribution in [1.29, 1.82) is 0 Å². The number of Topliss-reactive ketones (excluding diaryl/α,β-unsaturated/α-hetero) is 1. The number of piperidine rings is 1. The highest BCUT2D eigenvalue weighted by Gasteiger charge is 2.31. The van der Waals surface area contributed by atoms with Crippen LogP contribution in [-0.2, 0) is 9.59 Å². The van der Waals surface area contributed by atoms with Gasteiger partial charge < -0.3 is 10.1 Å². The molecule has 1 aromatic rings. The Morgan fingerprint density at radius 1 is 1.09 bits per heavy atom. The van der Waals surface area contributed by atoms with E-state index in [-0.39, 0.29) is 42.5 Å². The minimum atomic E-state index is -0.148. The molecule has 8 nitrogen and oxygen atoms in total. The van der Waals surface area contributed by atoms with Crippen molar-refractivity contribution in [2.24, 2.45) is 21.8 Å². The van der Waals surface area contributed by atoms with Crippen LogP contribution in [0.1, 0.15) is 48.9 Å². The smallest absolute Gasteiger partial charge is 0.256 e. The number of amidine groups is 1. The third-order valence-corrected chi connectivity index (χ3v) is 6.53. The molecule has 1 aromatic carbocycles. The Kier molecular flexibility index (Phi) is 7.09. The molecule has 1 atom stereocenters. The van der Waals surface area contributed by atoms with E-state index in [0.29, 0.717) is 24.5 Å². The van der Waals surface area contributed by atoms with Crippen molar-refractivity contribution in [3.05, 3.63) is 29.8 Å². The number of hydrogen-bond donors (Lipinski definition) is 1. The molecule has 32 heavy (non-hydrogen) atoms. The van der Waals surface area contributed by atoms with Crippen molar-refractivity contribution in [3.63, 3.8) is 0 Å². The molecule has 1 unspecified atom stereocenters. The third-order valence-electron chi connectivity index (χ3n) is 6.53. The van der Waals surface area contributed by atoms with Crippen LogP contribution in [0, 0.1) is 11.8 Å². The summed E-state index contributed by atoms with van der Waals surface area (Å²) in [5, 5.41) is 2.84. The van der Waals surface area contributed by atoms with E-state index in [1.807, 2.05) is 0 Å². The Morgan fingerprint density at radius 3 is 2.56 bits per heavy atom. The molecule has 0 aromatic heterocycles. The Balaban J connectivity index is 1.21. The first-order chi connectivity index (χ1) is 15.5. The first-order valence-electron chi connectivity index (χ1n) is 11.4. The number of likely N-dealkylation sites (tertiary alicyclic amines) is 1. The molecule has 0 radical (unpaired) electrons. The van der Waals surface area contributed by atoms with Crippen molar-refractivity contribution in [2.75, 3.05) is 33.3 Å². The minimum Gasteiger partial charge on any atom is -0.497 e. The molecule has 0 bridgehead atoms. The zero-order valence-electron chi connectivity index (χ0n) is 18.5. The predicted molar refractivity (Wildman–Crippen MR) is 121 cm³/mol. The van der Waals surface area contributed by atoms with Gasteiger partial charge in [-0.05, 0) is 69.5 Å². The maximum atomic E-state index is 12.7. The average molecular weight is 439 g/mol. The second-order valence-corrected chi connectivity index (χ2v) is 8.69. The lowest BCUT2D eigenvalue weighted by atomic mass is 9.86. The number of amides is 2. The first-order valence-corrected chi connectivity index (χ1v) is 11.4. The van der Waals surface area contributed by atoms with Gasteiger partial charge in [0.05, 0.1) is 26.1 Å². The van der Waals surface area contributed by atoms with Gasteiger partial charge in [0.15, 0.2) is 11.6 Å². The van der Waals surface area contributed by atoms with Crippen LogP contribution in [0.5, 0.6) is 5.75 Å². The van der Waals surface area contributed by atoms with Gasteiger partial charge >= 0.3 is 0 Å². The number of hydrogen-bond acceptors (Lipinski definition) is 6. The Morgan fingerprint density at radius 2 is 1.84 bits per heavy atom. The van der Waals surface area contributed by atoms with E-state index in [2.05, 4.69) is 20.2 Å². The van der Waals surface area contributed by atoms with Gasteiger partial charge in [-0.2, -0.15) is 4.99 Å². The van der Waals surface area contributed by atoms with Crippen molar-refractivity contribution in [1.82, 2.24) is 10.2 Å². The van der Waals surface area contributed by atoms with Gasteiger partial charge in [0.25, 0.3) is 5.91 Å². The lowest BCUT2D eigenvalue weighted by Gasteiger charge is -2.30. The normalized spacial score (nSPS) is 21.9. The number of nitrogens with one attached hydrogen (secondary N) is 1. The largest absolute Gasteiger partial charge is 0.497 e. The molecule has 2 fully saturated rings. The fraction of sp³-hybridized carbons (Fsp3) is 0.542. The zero-order chi connectivity index (χ0) is 22.5. The van der Waals surface area contributed by atoms with Gasteiger partial charge in [-0.25, -0.2) is 4.99 Å². The van der Waals surface area contributed by atoms with Crippen molar-refractivity contribution in [2.45, 2.75) is 38.5 Å². The third kappa shape index (κ3) is 5.30. The molecule has 1 saturated carbocycles. The molecule has 1 saturated heterocycles. The first kappa shape index (κ1) is 22.3. The number of nitrogens with zero attached hydrogens (tertiary/aromatic N) is 3. The summed E-state index contributed by atoms with van der Waals surface area (Å²) in [6, 6.07) is 7.21. The van der Waals surface area contributed by atoms with E-state index in [1.165, 1.54) is 0 Å². The second kappa shape index (κ2) is 10.2. The van der Waals surface area contributed by atoms with Gasteiger partial charge in [-0.15, -0.1) is 0 Å². The Bertz CT molecular complexity index is 930. The van der Waals surface area contributed by atoms with E-state index < -0.39 is 0 Å². The monoisotopic (exact) mass is 438 g/mol. The van der Waals surface area contributed by atoms with Crippen LogP contribution in [0.25, 0.3) is 0 Å². The number of rotatable bonds is 7. The summed E-state index contributed by atoms with van der Waals surface area (Å²) >= 11 is 0. The van der Waals surface area contributed by atoms with E-state index >= 15 is 0 Å². The highest BCUT2D eigenvalue weighted by Crippen LogP contribution is 2.26. The van der Waals surface area contributed by atoms with Crippen LogP contribution in [0.2, 0.25) is 0 Å². The number of ketones is 1. The lowest BCUT2D eigenvalue weighted by molar-refractivity contribution is -0.122. The zero-order valence-corrected chi connectivity index (χ0v) is 18.5. The van der Waals surface area contributed by atoms with E-state index in [9.17, 15) is 14.4 Å². The molecule has 1 aliphatic carbocycles. The van der Waals surface area contributed by atoms with Crippen molar-refractivity contribution >= 4 is 29.1 Å². The van der Waals surface area contributed by atoms with E-state index in [1.54, 1.807) is 31.4 Å². The predicted octanol–water partition coefficient (Wildman–Crippen LogP) is 2.28.